The van der Waals surface area contributed by atoms with Gasteiger partial charge in [-0.05, 0) is 37.7 Å². The van der Waals surface area contributed by atoms with Crippen molar-refractivity contribution in [1.29, 1.82) is 0 Å². The van der Waals surface area contributed by atoms with Crippen molar-refractivity contribution >= 4 is 40.1 Å². The van der Waals surface area contributed by atoms with Crippen LogP contribution >= 0.6 is 11.6 Å². The number of nitrogens with zero attached hydrogens (tertiary/aromatic N) is 2. The molecule has 3 aromatic rings. The van der Waals surface area contributed by atoms with Crippen LogP contribution in [0.15, 0.2) is 48.5 Å². The van der Waals surface area contributed by atoms with Crippen LogP contribution in [0.25, 0.3) is 10.9 Å². The molecule has 0 saturated heterocycles. The molecule has 4 rings (SSSR count). The van der Waals surface area contributed by atoms with Gasteiger partial charge < -0.3 is 15.0 Å². The Morgan fingerprint density at radius 3 is 2.81 bits per heavy atom. The second-order valence-electron chi connectivity index (χ2n) is 7.72. The number of nitrogens with one attached hydrogen (secondary N) is 1. The number of rotatable bonds is 5. The van der Waals surface area contributed by atoms with Gasteiger partial charge in [-0.25, -0.2) is 4.79 Å². The number of anilines is 1. The van der Waals surface area contributed by atoms with Crippen molar-refractivity contribution in [2.75, 3.05) is 18.9 Å². The van der Waals surface area contributed by atoms with Gasteiger partial charge in [0, 0.05) is 46.9 Å². The van der Waals surface area contributed by atoms with Gasteiger partial charge in [0.2, 0.25) is 0 Å². The molecule has 0 saturated carbocycles. The highest BCUT2D eigenvalue weighted by Gasteiger charge is 2.28. The molecule has 1 unspecified atom stereocenters. The van der Waals surface area contributed by atoms with Gasteiger partial charge in [-0.3, -0.25) is 9.78 Å². The Morgan fingerprint density at radius 2 is 2.03 bits per heavy atom. The van der Waals surface area contributed by atoms with E-state index in [4.69, 9.17) is 21.3 Å². The summed E-state index contributed by atoms with van der Waals surface area (Å²) in [4.78, 5) is 33.0. The minimum atomic E-state index is -0.921. The topological polar surface area (TPSA) is 71.5 Å². The number of carbonyl (C=O) groups excluding carboxylic acids is 2. The fourth-order valence-electron chi connectivity index (χ4n) is 3.86. The van der Waals surface area contributed by atoms with Gasteiger partial charge in [0.25, 0.3) is 5.91 Å². The predicted octanol–water partition coefficient (Wildman–Crippen LogP) is 4.45. The van der Waals surface area contributed by atoms with E-state index < -0.39 is 12.1 Å². The van der Waals surface area contributed by atoms with Crippen molar-refractivity contribution < 1.29 is 14.3 Å². The van der Waals surface area contributed by atoms with E-state index >= 15 is 0 Å². The van der Waals surface area contributed by atoms with Crippen molar-refractivity contribution in [1.82, 2.24) is 9.88 Å². The maximum atomic E-state index is 13.3. The van der Waals surface area contributed by atoms with Gasteiger partial charge in [0.1, 0.15) is 0 Å². The van der Waals surface area contributed by atoms with E-state index in [1.807, 2.05) is 38.2 Å². The van der Waals surface area contributed by atoms with Gasteiger partial charge in [0.15, 0.2) is 6.10 Å². The lowest BCUT2D eigenvalue weighted by Crippen LogP contribution is -2.34. The molecule has 6 nitrogen and oxygen atoms in total. The highest BCUT2D eigenvalue weighted by Crippen LogP contribution is 2.29. The molecule has 1 aliphatic heterocycles. The highest BCUT2D eigenvalue weighted by molar-refractivity contribution is 6.30. The fraction of sp³-hybridized carbons (Fsp3) is 0.292. The van der Waals surface area contributed by atoms with E-state index in [-0.39, 0.29) is 5.91 Å². The number of esters is 1. The van der Waals surface area contributed by atoms with Crippen LogP contribution in [0.1, 0.15) is 35.0 Å². The zero-order chi connectivity index (χ0) is 22.0. The summed E-state index contributed by atoms with van der Waals surface area (Å²) in [6, 6.07) is 14.4. The maximum absolute atomic E-state index is 13.3. The lowest BCUT2D eigenvalue weighted by molar-refractivity contribution is -0.124. The number of fused-ring (bicyclic) bond motifs is 2. The van der Waals surface area contributed by atoms with Crippen molar-refractivity contribution in [3.63, 3.8) is 0 Å². The number of amides is 1. The van der Waals surface area contributed by atoms with Gasteiger partial charge in [-0.1, -0.05) is 42.8 Å². The van der Waals surface area contributed by atoms with Crippen LogP contribution < -0.4 is 5.32 Å². The molecule has 1 atom stereocenters. The van der Waals surface area contributed by atoms with Crippen LogP contribution in [0.2, 0.25) is 5.02 Å². The Labute approximate surface area is 186 Å². The predicted molar refractivity (Wildman–Crippen MR) is 121 cm³/mol. The SMILES string of the molecule is CCC(OC(=O)c1c2c(nc3ccccc13)CCN(C)C2)C(=O)Nc1cccc(Cl)c1. The summed E-state index contributed by atoms with van der Waals surface area (Å²) in [6.07, 6.45) is 0.197. The van der Waals surface area contributed by atoms with Crippen molar-refractivity contribution in [2.24, 2.45) is 0 Å². The summed E-state index contributed by atoms with van der Waals surface area (Å²) < 4.78 is 5.73. The summed E-state index contributed by atoms with van der Waals surface area (Å²) in [7, 11) is 2.01. The molecular weight excluding hydrogens is 414 g/mol. The summed E-state index contributed by atoms with van der Waals surface area (Å²) in [5.74, 6) is -0.888. The van der Waals surface area contributed by atoms with E-state index in [1.54, 1.807) is 24.3 Å². The van der Waals surface area contributed by atoms with Crippen molar-refractivity contribution in [2.45, 2.75) is 32.4 Å². The van der Waals surface area contributed by atoms with Crippen LogP contribution in [-0.2, 0) is 22.5 Å². The van der Waals surface area contributed by atoms with Gasteiger partial charge in [-0.15, -0.1) is 0 Å². The normalized spacial score (nSPS) is 14.7. The summed E-state index contributed by atoms with van der Waals surface area (Å²) in [5.41, 5.74) is 3.61. The average molecular weight is 438 g/mol. The van der Waals surface area contributed by atoms with Gasteiger partial charge >= 0.3 is 5.97 Å². The lowest BCUT2D eigenvalue weighted by atomic mass is 9.96. The third kappa shape index (κ3) is 4.55. The quantitative estimate of drug-likeness (QED) is 0.597. The van der Waals surface area contributed by atoms with E-state index in [0.717, 1.165) is 35.1 Å². The molecule has 1 aromatic heterocycles. The molecule has 0 fully saturated rings. The van der Waals surface area contributed by atoms with Crippen molar-refractivity contribution in [3.8, 4) is 0 Å². The third-order valence-electron chi connectivity index (χ3n) is 5.45. The molecule has 1 aliphatic rings. The Kier molecular flexibility index (Phi) is 6.20. The third-order valence-corrected chi connectivity index (χ3v) is 5.68. The van der Waals surface area contributed by atoms with Crippen LogP contribution in [0.3, 0.4) is 0 Å². The lowest BCUT2D eigenvalue weighted by Gasteiger charge is -2.27. The molecule has 2 heterocycles. The molecule has 0 radical (unpaired) electrons. The Bertz CT molecular complexity index is 1150. The Morgan fingerprint density at radius 1 is 1.23 bits per heavy atom. The van der Waals surface area contributed by atoms with Crippen LogP contribution in [0.4, 0.5) is 5.69 Å². The highest BCUT2D eigenvalue weighted by atomic mass is 35.5. The Hall–Kier alpha value is -2.96. The summed E-state index contributed by atoms with van der Waals surface area (Å²) >= 11 is 5.99. The van der Waals surface area contributed by atoms with Crippen LogP contribution in [-0.4, -0.2) is 41.5 Å². The molecule has 160 valence electrons. The first-order valence-corrected chi connectivity index (χ1v) is 10.7. The van der Waals surface area contributed by atoms with E-state index in [0.29, 0.717) is 29.2 Å². The number of benzene rings is 2. The molecule has 7 heteroatoms. The minimum absolute atomic E-state index is 0.350. The monoisotopic (exact) mass is 437 g/mol. The first-order valence-electron chi connectivity index (χ1n) is 10.3. The Balaban J connectivity index is 1.64. The molecule has 0 bridgehead atoms. The molecule has 1 N–H and O–H groups in total. The fourth-order valence-corrected chi connectivity index (χ4v) is 4.05. The zero-order valence-electron chi connectivity index (χ0n) is 17.5. The smallest absolute Gasteiger partial charge is 0.340 e. The second-order valence-corrected chi connectivity index (χ2v) is 8.16. The van der Waals surface area contributed by atoms with E-state index in [2.05, 4.69) is 10.2 Å². The zero-order valence-corrected chi connectivity index (χ0v) is 18.3. The van der Waals surface area contributed by atoms with Crippen LogP contribution in [0, 0.1) is 0 Å². The van der Waals surface area contributed by atoms with Gasteiger partial charge in [-0.2, -0.15) is 0 Å². The molecule has 0 aliphatic carbocycles. The van der Waals surface area contributed by atoms with Crippen molar-refractivity contribution in [3.05, 3.63) is 70.4 Å². The van der Waals surface area contributed by atoms with Gasteiger partial charge in [0.05, 0.1) is 11.1 Å². The number of pyridine rings is 1. The molecule has 1 amide bonds. The molecular formula is C24H24ClN3O3. The number of para-hydroxylation sites is 1. The molecule has 0 spiro atoms. The maximum Gasteiger partial charge on any atom is 0.340 e. The second kappa shape index (κ2) is 9.04. The molecule has 31 heavy (non-hydrogen) atoms. The average Bonchev–Trinajstić information content (AvgIpc) is 2.75. The largest absolute Gasteiger partial charge is 0.449 e. The summed E-state index contributed by atoms with van der Waals surface area (Å²) in [6.45, 7) is 3.30. The first kappa shape index (κ1) is 21.3. The number of carbonyl (C=O) groups is 2. The first-order chi connectivity index (χ1) is 15.0. The number of ether oxygens (including phenoxy) is 1. The van der Waals surface area contributed by atoms with E-state index in [9.17, 15) is 9.59 Å². The number of aromatic nitrogens is 1. The summed E-state index contributed by atoms with van der Waals surface area (Å²) in [5, 5.41) is 4.03. The number of hydrogen-bond acceptors (Lipinski definition) is 5. The number of hydrogen-bond donors (Lipinski definition) is 1. The minimum Gasteiger partial charge on any atom is -0.449 e. The number of halogens is 1. The number of likely N-dealkylation sites (N-methyl/N-ethyl adjacent to an activating group) is 1. The van der Waals surface area contributed by atoms with E-state index in [1.165, 1.54) is 0 Å². The molecule has 2 aromatic carbocycles. The van der Waals surface area contributed by atoms with Crippen LogP contribution in [0.5, 0.6) is 0 Å². The standard InChI is InChI=1S/C24H24ClN3O3/c1-3-21(23(29)26-16-8-6-7-15(25)13-16)31-24(30)22-17-9-4-5-10-19(17)27-20-11-12-28(2)14-18(20)22/h4-10,13,21H,3,11-12,14H2,1-2H3,(H,26,29).